The van der Waals surface area contributed by atoms with Gasteiger partial charge in [0.2, 0.25) is 0 Å². The fourth-order valence-electron chi connectivity index (χ4n) is 3.84. The second kappa shape index (κ2) is 8.11. The molecule has 0 aliphatic heterocycles. The lowest BCUT2D eigenvalue weighted by molar-refractivity contribution is 0.1000. The van der Waals surface area contributed by atoms with Crippen molar-refractivity contribution in [3.05, 3.63) is 75.6 Å². The van der Waals surface area contributed by atoms with Crippen LogP contribution in [0.25, 0.3) is 11.1 Å². The van der Waals surface area contributed by atoms with Crippen molar-refractivity contribution >= 4 is 17.5 Å². The molecule has 0 saturated carbocycles. The smallest absolute Gasteiger partial charge is 0.251 e. The summed E-state index contributed by atoms with van der Waals surface area (Å²) in [5, 5.41) is 0.696. The van der Waals surface area contributed by atoms with Gasteiger partial charge in [-0.1, -0.05) is 36.7 Å². The Morgan fingerprint density at radius 3 is 2.50 bits per heavy atom. The van der Waals surface area contributed by atoms with Crippen molar-refractivity contribution < 1.29 is 9.53 Å². The maximum atomic E-state index is 12.4. The Morgan fingerprint density at radius 1 is 1.18 bits per heavy atom. The third-order valence-corrected chi connectivity index (χ3v) is 5.36. The molecule has 0 aliphatic carbocycles. The molecule has 28 heavy (non-hydrogen) atoms. The molecule has 2 N–H and O–H groups in total. The summed E-state index contributed by atoms with van der Waals surface area (Å²) >= 11 is 6.16. The molecular weight excluding hydrogens is 372 g/mol. The van der Waals surface area contributed by atoms with E-state index in [-0.39, 0.29) is 0 Å². The molecule has 2 aromatic carbocycles. The van der Waals surface area contributed by atoms with Crippen molar-refractivity contribution in [2.24, 2.45) is 5.73 Å². The summed E-state index contributed by atoms with van der Waals surface area (Å²) in [5.74, 6) is 0.401. The van der Waals surface area contributed by atoms with Gasteiger partial charge in [-0.15, -0.1) is 0 Å². The monoisotopic (exact) mass is 396 g/mol. The molecule has 0 radical (unpaired) electrons. The van der Waals surface area contributed by atoms with E-state index in [0.717, 1.165) is 45.8 Å². The van der Waals surface area contributed by atoms with Crippen LogP contribution in [0.3, 0.4) is 0 Å². The summed E-state index contributed by atoms with van der Waals surface area (Å²) in [6.07, 6.45) is 0.773. The molecule has 5 heteroatoms. The zero-order valence-electron chi connectivity index (χ0n) is 16.7. The number of methoxy groups -OCH3 is 1. The predicted octanol–water partition coefficient (Wildman–Crippen LogP) is 5.14. The number of amides is 1. The molecule has 3 rings (SSSR count). The number of halogens is 1. The first-order valence-corrected chi connectivity index (χ1v) is 9.66. The number of aryl methyl sites for hydroxylation is 1. The standard InChI is InChI=1S/C23H25ClN2O2/c1-5-19-22(17-9-10-20(28-4)14(2)11-17)21(23(25)27)15(3)26(19)13-16-7-6-8-18(24)12-16/h6-12H,5,13H2,1-4H3,(H2,25,27). The number of hydrogen-bond acceptors (Lipinski definition) is 2. The van der Waals surface area contributed by atoms with Crippen LogP contribution in [-0.4, -0.2) is 17.6 Å². The van der Waals surface area contributed by atoms with Gasteiger partial charge in [-0.05, 0) is 61.2 Å². The first kappa shape index (κ1) is 20.0. The van der Waals surface area contributed by atoms with E-state index in [1.54, 1.807) is 7.11 Å². The number of nitrogens with two attached hydrogens (primary N) is 1. The SMILES string of the molecule is CCc1c(-c2ccc(OC)c(C)c2)c(C(N)=O)c(C)n1Cc1cccc(Cl)c1. The van der Waals surface area contributed by atoms with Crippen LogP contribution in [0.2, 0.25) is 5.02 Å². The Hall–Kier alpha value is -2.72. The number of aromatic nitrogens is 1. The first-order valence-electron chi connectivity index (χ1n) is 9.28. The minimum absolute atomic E-state index is 0.416. The average molecular weight is 397 g/mol. The van der Waals surface area contributed by atoms with E-state index in [0.29, 0.717) is 17.1 Å². The molecule has 146 valence electrons. The number of carbonyl (C=O) groups is 1. The van der Waals surface area contributed by atoms with Crippen molar-refractivity contribution in [1.29, 1.82) is 0 Å². The van der Waals surface area contributed by atoms with Gasteiger partial charge in [0, 0.05) is 28.5 Å². The Labute approximate surface area is 170 Å². The van der Waals surface area contributed by atoms with Gasteiger partial charge in [0.1, 0.15) is 5.75 Å². The largest absolute Gasteiger partial charge is 0.496 e. The molecule has 0 bridgehead atoms. The van der Waals surface area contributed by atoms with Crippen molar-refractivity contribution in [1.82, 2.24) is 4.57 Å². The second-order valence-electron chi connectivity index (χ2n) is 6.90. The highest BCUT2D eigenvalue weighted by molar-refractivity contribution is 6.30. The number of primary amides is 1. The topological polar surface area (TPSA) is 57.2 Å². The fourth-order valence-corrected chi connectivity index (χ4v) is 4.06. The number of ether oxygens (including phenoxy) is 1. The zero-order valence-corrected chi connectivity index (χ0v) is 17.4. The lowest BCUT2D eigenvalue weighted by Gasteiger charge is -2.13. The van der Waals surface area contributed by atoms with Crippen LogP contribution in [0, 0.1) is 13.8 Å². The zero-order chi connectivity index (χ0) is 20.4. The summed E-state index contributed by atoms with van der Waals surface area (Å²) in [6, 6.07) is 13.7. The summed E-state index contributed by atoms with van der Waals surface area (Å²) in [6.45, 7) is 6.66. The summed E-state index contributed by atoms with van der Waals surface area (Å²) in [4.78, 5) is 12.4. The Morgan fingerprint density at radius 2 is 1.93 bits per heavy atom. The molecule has 0 spiro atoms. The molecule has 0 unspecified atom stereocenters. The van der Waals surface area contributed by atoms with Gasteiger partial charge in [0.15, 0.2) is 0 Å². The fraction of sp³-hybridized carbons (Fsp3) is 0.261. The van der Waals surface area contributed by atoms with Gasteiger partial charge < -0.3 is 15.0 Å². The Bertz CT molecular complexity index is 1040. The van der Waals surface area contributed by atoms with Crippen LogP contribution in [0.15, 0.2) is 42.5 Å². The molecular formula is C23H25ClN2O2. The Balaban J connectivity index is 2.22. The third-order valence-electron chi connectivity index (χ3n) is 5.13. The number of nitrogens with zero attached hydrogens (tertiary/aromatic N) is 1. The van der Waals surface area contributed by atoms with Gasteiger partial charge in [0.05, 0.1) is 12.7 Å². The molecule has 3 aromatic rings. The molecule has 1 aromatic heterocycles. The van der Waals surface area contributed by atoms with Crippen LogP contribution >= 0.6 is 11.6 Å². The lowest BCUT2D eigenvalue weighted by atomic mass is 9.97. The lowest BCUT2D eigenvalue weighted by Crippen LogP contribution is -2.13. The minimum Gasteiger partial charge on any atom is -0.496 e. The third kappa shape index (κ3) is 3.65. The first-order chi connectivity index (χ1) is 13.4. The molecule has 0 saturated heterocycles. The molecule has 1 amide bonds. The molecule has 0 fully saturated rings. The predicted molar refractivity (Wildman–Crippen MR) is 114 cm³/mol. The van der Waals surface area contributed by atoms with Crippen LogP contribution in [0.4, 0.5) is 0 Å². The van der Waals surface area contributed by atoms with Crippen LogP contribution in [0.1, 0.15) is 39.8 Å². The van der Waals surface area contributed by atoms with E-state index >= 15 is 0 Å². The van der Waals surface area contributed by atoms with E-state index < -0.39 is 5.91 Å². The van der Waals surface area contributed by atoms with E-state index in [2.05, 4.69) is 11.5 Å². The van der Waals surface area contributed by atoms with Crippen molar-refractivity contribution in [3.63, 3.8) is 0 Å². The number of rotatable bonds is 6. The molecule has 1 heterocycles. The number of carbonyl (C=O) groups excluding carboxylic acids is 1. The summed E-state index contributed by atoms with van der Waals surface area (Å²) in [5.41, 5.74) is 12.3. The number of benzene rings is 2. The van der Waals surface area contributed by atoms with Gasteiger partial charge >= 0.3 is 0 Å². The van der Waals surface area contributed by atoms with Gasteiger partial charge in [-0.25, -0.2) is 0 Å². The van der Waals surface area contributed by atoms with Crippen molar-refractivity contribution in [2.75, 3.05) is 7.11 Å². The highest BCUT2D eigenvalue weighted by Gasteiger charge is 2.24. The van der Waals surface area contributed by atoms with E-state index in [4.69, 9.17) is 22.1 Å². The quantitative estimate of drug-likeness (QED) is 0.626. The van der Waals surface area contributed by atoms with Crippen LogP contribution in [0.5, 0.6) is 5.75 Å². The van der Waals surface area contributed by atoms with Crippen LogP contribution < -0.4 is 10.5 Å². The van der Waals surface area contributed by atoms with E-state index in [9.17, 15) is 4.79 Å². The van der Waals surface area contributed by atoms with Gasteiger partial charge in [-0.2, -0.15) is 0 Å². The van der Waals surface area contributed by atoms with Crippen LogP contribution in [-0.2, 0) is 13.0 Å². The molecule has 0 atom stereocenters. The minimum atomic E-state index is -0.416. The van der Waals surface area contributed by atoms with Gasteiger partial charge in [-0.3, -0.25) is 4.79 Å². The number of hydrogen-bond donors (Lipinski definition) is 1. The van der Waals surface area contributed by atoms with E-state index in [1.165, 1.54) is 0 Å². The normalized spacial score (nSPS) is 10.9. The Kier molecular flexibility index (Phi) is 5.80. The van der Waals surface area contributed by atoms with Crippen molar-refractivity contribution in [2.45, 2.75) is 33.7 Å². The average Bonchev–Trinajstić information content (AvgIpc) is 2.93. The summed E-state index contributed by atoms with van der Waals surface area (Å²) < 4.78 is 7.55. The molecule has 4 nitrogen and oxygen atoms in total. The highest BCUT2D eigenvalue weighted by Crippen LogP contribution is 2.35. The maximum Gasteiger partial charge on any atom is 0.251 e. The highest BCUT2D eigenvalue weighted by atomic mass is 35.5. The maximum absolute atomic E-state index is 12.4. The van der Waals surface area contributed by atoms with Crippen molar-refractivity contribution in [3.8, 4) is 16.9 Å². The second-order valence-corrected chi connectivity index (χ2v) is 7.34. The van der Waals surface area contributed by atoms with E-state index in [1.807, 2.05) is 56.3 Å². The molecule has 0 aliphatic rings. The summed E-state index contributed by atoms with van der Waals surface area (Å²) in [7, 11) is 1.65. The van der Waals surface area contributed by atoms with Gasteiger partial charge in [0.25, 0.3) is 5.91 Å².